The highest BCUT2D eigenvalue weighted by atomic mass is 16.3. The number of nitrogens with one attached hydrogen (secondary N) is 1. The fourth-order valence-corrected chi connectivity index (χ4v) is 1.73. The largest absolute Gasteiger partial charge is 0.396 e. The van der Waals surface area contributed by atoms with Crippen LogP contribution in [0.25, 0.3) is 0 Å². The zero-order valence-corrected chi connectivity index (χ0v) is 10.7. The third-order valence-electron chi connectivity index (χ3n) is 2.82. The van der Waals surface area contributed by atoms with Crippen molar-refractivity contribution in [2.45, 2.75) is 45.7 Å². The Bertz CT molecular complexity index is 331. The number of hydrogen-bond donors (Lipinski definition) is 2. The standard InChI is InChI=1S/C12H23N3O/c1-5-11-10(9-15(4)14-11)8-13-12(2,3)6-7-16/h9,13,16H,5-8H2,1-4H3. The van der Waals surface area contributed by atoms with E-state index in [0.29, 0.717) is 0 Å². The molecule has 2 N–H and O–H groups in total. The van der Waals surface area contributed by atoms with Crippen molar-refractivity contribution in [3.63, 3.8) is 0 Å². The predicted molar refractivity (Wildman–Crippen MR) is 65.2 cm³/mol. The topological polar surface area (TPSA) is 50.1 Å². The van der Waals surface area contributed by atoms with Crippen LogP contribution in [0, 0.1) is 0 Å². The fraction of sp³-hybridized carbons (Fsp3) is 0.750. The quantitative estimate of drug-likeness (QED) is 0.765. The third-order valence-corrected chi connectivity index (χ3v) is 2.82. The van der Waals surface area contributed by atoms with Gasteiger partial charge in [-0.1, -0.05) is 6.92 Å². The number of rotatable bonds is 6. The summed E-state index contributed by atoms with van der Waals surface area (Å²) < 4.78 is 1.86. The lowest BCUT2D eigenvalue weighted by Crippen LogP contribution is -2.39. The third kappa shape index (κ3) is 3.61. The molecule has 0 fully saturated rings. The molecule has 1 rings (SSSR count). The van der Waals surface area contributed by atoms with Crippen LogP contribution in [0.2, 0.25) is 0 Å². The smallest absolute Gasteiger partial charge is 0.0666 e. The zero-order chi connectivity index (χ0) is 12.2. The van der Waals surface area contributed by atoms with Gasteiger partial charge in [0.2, 0.25) is 0 Å². The van der Waals surface area contributed by atoms with Crippen molar-refractivity contribution < 1.29 is 5.11 Å². The van der Waals surface area contributed by atoms with E-state index in [4.69, 9.17) is 5.11 Å². The number of nitrogens with zero attached hydrogens (tertiary/aromatic N) is 2. The second kappa shape index (κ2) is 5.46. The molecule has 0 saturated heterocycles. The molecule has 0 aromatic carbocycles. The van der Waals surface area contributed by atoms with Gasteiger partial charge in [-0.3, -0.25) is 4.68 Å². The molecule has 92 valence electrons. The predicted octanol–water partition coefficient (Wildman–Crippen LogP) is 1.23. The summed E-state index contributed by atoms with van der Waals surface area (Å²) in [5.41, 5.74) is 2.36. The van der Waals surface area contributed by atoms with Crippen molar-refractivity contribution in [1.29, 1.82) is 0 Å². The van der Waals surface area contributed by atoms with Gasteiger partial charge in [0.25, 0.3) is 0 Å². The van der Waals surface area contributed by atoms with Crippen LogP contribution in [-0.4, -0.2) is 27.0 Å². The Morgan fingerprint density at radius 2 is 2.19 bits per heavy atom. The van der Waals surface area contributed by atoms with E-state index >= 15 is 0 Å². The first kappa shape index (κ1) is 13.2. The maximum absolute atomic E-state index is 8.95. The van der Waals surface area contributed by atoms with Crippen molar-refractivity contribution in [2.75, 3.05) is 6.61 Å². The summed E-state index contributed by atoms with van der Waals surface area (Å²) in [7, 11) is 1.95. The molecule has 0 aliphatic heterocycles. The van der Waals surface area contributed by atoms with Gasteiger partial charge in [-0.15, -0.1) is 0 Å². The second-order valence-electron chi connectivity index (χ2n) is 4.84. The molecule has 0 radical (unpaired) electrons. The highest BCUT2D eigenvalue weighted by Gasteiger charge is 2.17. The van der Waals surface area contributed by atoms with Crippen LogP contribution in [0.3, 0.4) is 0 Å². The molecule has 0 aliphatic carbocycles. The van der Waals surface area contributed by atoms with Gasteiger partial charge in [0.15, 0.2) is 0 Å². The van der Waals surface area contributed by atoms with Gasteiger partial charge < -0.3 is 10.4 Å². The maximum atomic E-state index is 8.95. The van der Waals surface area contributed by atoms with Crippen molar-refractivity contribution in [1.82, 2.24) is 15.1 Å². The average Bonchev–Trinajstić information content (AvgIpc) is 2.56. The van der Waals surface area contributed by atoms with E-state index in [1.54, 1.807) is 0 Å². The summed E-state index contributed by atoms with van der Waals surface area (Å²) in [6.45, 7) is 7.35. The van der Waals surface area contributed by atoms with E-state index in [9.17, 15) is 0 Å². The minimum atomic E-state index is -0.0321. The van der Waals surface area contributed by atoms with E-state index in [-0.39, 0.29) is 12.1 Å². The molecule has 0 amide bonds. The molecule has 4 nitrogen and oxygen atoms in total. The van der Waals surface area contributed by atoms with Crippen LogP contribution >= 0.6 is 0 Å². The summed E-state index contributed by atoms with van der Waals surface area (Å²) in [4.78, 5) is 0. The van der Waals surface area contributed by atoms with Gasteiger partial charge in [-0.25, -0.2) is 0 Å². The van der Waals surface area contributed by atoms with Crippen LogP contribution in [0.1, 0.15) is 38.4 Å². The van der Waals surface area contributed by atoms with Crippen LogP contribution in [-0.2, 0) is 20.0 Å². The first-order chi connectivity index (χ1) is 7.48. The van der Waals surface area contributed by atoms with E-state index in [0.717, 1.165) is 25.1 Å². The van der Waals surface area contributed by atoms with Gasteiger partial charge in [-0.2, -0.15) is 5.10 Å². The van der Waals surface area contributed by atoms with Gasteiger partial charge >= 0.3 is 0 Å². The molecule has 0 unspecified atom stereocenters. The first-order valence-electron chi connectivity index (χ1n) is 5.86. The van der Waals surface area contributed by atoms with E-state index in [2.05, 4.69) is 37.4 Å². The van der Waals surface area contributed by atoms with Crippen molar-refractivity contribution in [3.05, 3.63) is 17.5 Å². The molecule has 0 bridgehead atoms. The van der Waals surface area contributed by atoms with E-state index in [1.165, 1.54) is 5.56 Å². The lowest BCUT2D eigenvalue weighted by molar-refractivity contribution is 0.230. The number of aliphatic hydroxyl groups is 1. The monoisotopic (exact) mass is 225 g/mol. The molecule has 16 heavy (non-hydrogen) atoms. The zero-order valence-electron chi connectivity index (χ0n) is 10.7. The molecule has 4 heteroatoms. The summed E-state index contributed by atoms with van der Waals surface area (Å²) in [5, 5.41) is 16.8. The molecule has 1 aromatic rings. The van der Waals surface area contributed by atoms with Crippen LogP contribution < -0.4 is 5.32 Å². The van der Waals surface area contributed by atoms with Gasteiger partial charge in [0.1, 0.15) is 0 Å². The molecular formula is C12H23N3O. The van der Waals surface area contributed by atoms with Crippen LogP contribution in [0.4, 0.5) is 0 Å². The average molecular weight is 225 g/mol. The number of aromatic nitrogens is 2. The molecule has 0 atom stereocenters. The Morgan fingerprint density at radius 1 is 1.50 bits per heavy atom. The lowest BCUT2D eigenvalue weighted by atomic mass is 10.0. The molecule has 1 aromatic heterocycles. The van der Waals surface area contributed by atoms with E-state index < -0.39 is 0 Å². The molecule has 0 spiro atoms. The number of aryl methyl sites for hydroxylation is 2. The van der Waals surface area contributed by atoms with Gasteiger partial charge in [-0.05, 0) is 26.7 Å². The number of hydrogen-bond acceptors (Lipinski definition) is 3. The summed E-state index contributed by atoms with van der Waals surface area (Å²) in [5.74, 6) is 0. The molecular weight excluding hydrogens is 202 g/mol. The van der Waals surface area contributed by atoms with Gasteiger partial charge in [0, 0.05) is 37.5 Å². The van der Waals surface area contributed by atoms with Crippen molar-refractivity contribution in [3.8, 4) is 0 Å². The summed E-state index contributed by atoms with van der Waals surface area (Å²) in [6, 6.07) is 0. The van der Waals surface area contributed by atoms with Crippen molar-refractivity contribution >= 4 is 0 Å². The maximum Gasteiger partial charge on any atom is 0.0666 e. The normalized spacial score (nSPS) is 12.1. The SMILES string of the molecule is CCc1nn(C)cc1CNC(C)(C)CCO. The molecule has 0 aliphatic rings. The second-order valence-corrected chi connectivity index (χ2v) is 4.84. The Kier molecular flexibility index (Phi) is 4.50. The Hall–Kier alpha value is -0.870. The first-order valence-corrected chi connectivity index (χ1v) is 5.86. The van der Waals surface area contributed by atoms with E-state index in [1.807, 2.05) is 11.7 Å². The summed E-state index contributed by atoms with van der Waals surface area (Å²) in [6.07, 6.45) is 3.77. The highest BCUT2D eigenvalue weighted by Crippen LogP contribution is 2.12. The Balaban J connectivity index is 2.60. The summed E-state index contributed by atoms with van der Waals surface area (Å²) >= 11 is 0. The Labute approximate surface area is 97.7 Å². The van der Waals surface area contributed by atoms with Crippen LogP contribution in [0.15, 0.2) is 6.20 Å². The lowest BCUT2D eigenvalue weighted by Gasteiger charge is -2.25. The number of aliphatic hydroxyl groups excluding tert-OH is 1. The molecule has 1 heterocycles. The minimum Gasteiger partial charge on any atom is -0.396 e. The Morgan fingerprint density at radius 3 is 2.75 bits per heavy atom. The van der Waals surface area contributed by atoms with Gasteiger partial charge in [0.05, 0.1) is 5.69 Å². The minimum absolute atomic E-state index is 0.0321. The molecule has 0 saturated carbocycles. The van der Waals surface area contributed by atoms with Crippen molar-refractivity contribution in [2.24, 2.45) is 7.05 Å². The fourth-order valence-electron chi connectivity index (χ4n) is 1.73. The highest BCUT2D eigenvalue weighted by molar-refractivity contribution is 5.17. The van der Waals surface area contributed by atoms with Crippen LogP contribution in [0.5, 0.6) is 0 Å².